The molecule has 2 aliphatic rings. The third-order valence-corrected chi connectivity index (χ3v) is 5.64. The Hall–Kier alpha value is -1.28. The van der Waals surface area contributed by atoms with Gasteiger partial charge in [0.2, 0.25) is 5.92 Å². The molecular formula is C18H28F2N2O3S. The van der Waals surface area contributed by atoms with E-state index in [1.165, 1.54) is 11.8 Å². The molecule has 1 N–H and O–H groups in total. The summed E-state index contributed by atoms with van der Waals surface area (Å²) in [5.74, 6) is -2.00. The van der Waals surface area contributed by atoms with Crippen molar-refractivity contribution in [2.24, 2.45) is 0 Å². The lowest BCUT2D eigenvalue weighted by atomic mass is 10.0. The van der Waals surface area contributed by atoms with Gasteiger partial charge in [0.15, 0.2) is 0 Å². The van der Waals surface area contributed by atoms with Gasteiger partial charge < -0.3 is 19.6 Å². The van der Waals surface area contributed by atoms with Crippen molar-refractivity contribution in [3.63, 3.8) is 0 Å². The summed E-state index contributed by atoms with van der Waals surface area (Å²) in [6.45, 7) is 7.75. The molecule has 0 amide bonds. The summed E-state index contributed by atoms with van der Waals surface area (Å²) < 4.78 is 32.0. The molecule has 0 aromatic heterocycles. The molecule has 1 atom stereocenters. The number of ether oxygens (including phenoxy) is 1. The van der Waals surface area contributed by atoms with Gasteiger partial charge >= 0.3 is 5.97 Å². The van der Waals surface area contributed by atoms with E-state index in [2.05, 4.69) is 4.90 Å². The first-order valence-electron chi connectivity index (χ1n) is 8.99. The Morgan fingerprint density at radius 2 is 2.08 bits per heavy atom. The fraction of sp³-hybridized carbons (Fsp3) is 0.722. The van der Waals surface area contributed by atoms with Gasteiger partial charge in [0.1, 0.15) is 11.2 Å². The van der Waals surface area contributed by atoms with Crippen LogP contribution in [0.5, 0.6) is 0 Å². The van der Waals surface area contributed by atoms with Crippen molar-refractivity contribution in [3.8, 4) is 0 Å². The van der Waals surface area contributed by atoms with E-state index in [1.54, 1.807) is 0 Å². The van der Waals surface area contributed by atoms with Gasteiger partial charge in [-0.3, -0.25) is 0 Å². The van der Waals surface area contributed by atoms with Gasteiger partial charge in [-0.05, 0) is 37.7 Å². The van der Waals surface area contributed by atoms with Gasteiger partial charge in [-0.2, -0.15) is 0 Å². The van der Waals surface area contributed by atoms with Crippen LogP contribution in [0.2, 0.25) is 0 Å². The zero-order valence-electron chi connectivity index (χ0n) is 15.6. The minimum atomic E-state index is -2.71. The second-order valence-electron chi connectivity index (χ2n) is 6.68. The number of nitrogens with zero attached hydrogens (tertiary/aromatic N) is 2. The first-order valence-corrected chi connectivity index (χ1v) is 10.0. The van der Waals surface area contributed by atoms with Crippen LogP contribution in [0.3, 0.4) is 0 Å². The number of carboxylic acid groups (broad SMARTS) is 1. The van der Waals surface area contributed by atoms with Crippen molar-refractivity contribution in [1.29, 1.82) is 0 Å². The van der Waals surface area contributed by atoms with Crippen LogP contribution in [-0.4, -0.2) is 70.8 Å². The van der Waals surface area contributed by atoms with Crippen LogP contribution >= 0.6 is 11.8 Å². The van der Waals surface area contributed by atoms with Crippen molar-refractivity contribution < 1.29 is 23.4 Å². The first-order chi connectivity index (χ1) is 12.2. The van der Waals surface area contributed by atoms with Gasteiger partial charge in [-0.25, -0.2) is 13.6 Å². The van der Waals surface area contributed by atoms with Crippen molar-refractivity contribution in [2.45, 2.75) is 44.9 Å². The van der Waals surface area contributed by atoms with Crippen LogP contribution in [0.15, 0.2) is 23.0 Å². The molecule has 5 nitrogen and oxygen atoms in total. The van der Waals surface area contributed by atoms with Crippen LogP contribution < -0.4 is 0 Å². The largest absolute Gasteiger partial charge is 0.478 e. The van der Waals surface area contributed by atoms with E-state index in [4.69, 9.17) is 4.74 Å². The minimum absolute atomic E-state index is 0.214. The fourth-order valence-electron chi connectivity index (χ4n) is 3.29. The highest BCUT2D eigenvalue weighted by molar-refractivity contribution is 8.00. The molecule has 1 fully saturated rings. The van der Waals surface area contributed by atoms with Crippen LogP contribution in [0.1, 0.15) is 33.6 Å². The predicted octanol–water partition coefficient (Wildman–Crippen LogP) is 3.39. The smallest absolute Gasteiger partial charge is 0.334 e. The minimum Gasteiger partial charge on any atom is -0.478 e. The Balaban J connectivity index is 2.31. The molecule has 2 aliphatic heterocycles. The quantitative estimate of drug-likeness (QED) is 0.686. The summed E-state index contributed by atoms with van der Waals surface area (Å²) >= 11 is 1.53. The Morgan fingerprint density at radius 1 is 1.42 bits per heavy atom. The molecule has 2 heterocycles. The molecule has 1 saturated heterocycles. The van der Waals surface area contributed by atoms with Crippen molar-refractivity contribution in [2.75, 3.05) is 38.6 Å². The molecule has 0 saturated carbocycles. The van der Waals surface area contributed by atoms with E-state index < -0.39 is 11.9 Å². The Morgan fingerprint density at radius 3 is 2.62 bits per heavy atom. The summed E-state index contributed by atoms with van der Waals surface area (Å²) in [7, 11) is 0. The average Bonchev–Trinajstić information content (AvgIpc) is 2.56. The zero-order valence-corrected chi connectivity index (χ0v) is 16.5. The van der Waals surface area contributed by atoms with Crippen LogP contribution in [-0.2, 0) is 9.53 Å². The van der Waals surface area contributed by atoms with Crippen molar-refractivity contribution in [1.82, 2.24) is 9.80 Å². The third-order valence-electron chi connectivity index (χ3n) is 4.50. The predicted molar refractivity (Wildman–Crippen MR) is 99.3 cm³/mol. The first kappa shape index (κ1) is 21.0. The highest BCUT2D eigenvalue weighted by Gasteiger charge is 2.35. The maximum atomic E-state index is 13.3. The Labute approximate surface area is 158 Å². The number of rotatable bonds is 8. The lowest BCUT2D eigenvalue weighted by Gasteiger charge is -2.44. The molecule has 0 radical (unpaired) electrons. The zero-order chi connectivity index (χ0) is 19.3. The lowest BCUT2D eigenvalue weighted by molar-refractivity contribution is -0.133. The number of hydrogen-bond donors (Lipinski definition) is 1. The highest BCUT2D eigenvalue weighted by atomic mass is 32.2. The monoisotopic (exact) mass is 390 g/mol. The summed E-state index contributed by atoms with van der Waals surface area (Å²) in [5.41, 5.74) is 1.07. The summed E-state index contributed by atoms with van der Waals surface area (Å²) in [6, 6.07) is 0. The van der Waals surface area contributed by atoms with E-state index in [1.807, 2.05) is 24.8 Å². The van der Waals surface area contributed by atoms with E-state index in [0.717, 1.165) is 24.1 Å². The summed E-state index contributed by atoms with van der Waals surface area (Å²) in [5, 5.41) is 9.32. The highest BCUT2D eigenvalue weighted by Crippen LogP contribution is 2.36. The molecule has 1 unspecified atom stereocenters. The van der Waals surface area contributed by atoms with Crippen molar-refractivity contribution >= 4 is 17.7 Å². The lowest BCUT2D eigenvalue weighted by Crippen LogP contribution is -2.48. The van der Waals surface area contributed by atoms with Gasteiger partial charge in [0.25, 0.3) is 0 Å². The summed E-state index contributed by atoms with van der Waals surface area (Å²) in [4.78, 5) is 16.0. The number of halogens is 2. The van der Waals surface area contributed by atoms with Gasteiger partial charge in [0, 0.05) is 26.1 Å². The van der Waals surface area contributed by atoms with Gasteiger partial charge in [-0.1, -0.05) is 6.92 Å². The number of carbonyl (C=O) groups is 1. The van der Waals surface area contributed by atoms with E-state index in [0.29, 0.717) is 44.8 Å². The summed E-state index contributed by atoms with van der Waals surface area (Å²) in [6.07, 6.45) is 1.97. The van der Waals surface area contributed by atoms with Gasteiger partial charge in [-0.15, -0.1) is 11.8 Å². The molecule has 2 rings (SSSR count). The standard InChI is InChI=1S/C18H28F2N2O3S/c1-4-26-16-15(17(23)24)13(2)12-14(21-8-10-25-11-9-21)22(16)7-5-6-18(3,19)20/h12,16H,4-11H2,1-3H3,(H,23,24). The number of carboxylic acids is 1. The fourth-order valence-corrected chi connectivity index (χ4v) is 4.45. The Bertz CT molecular complexity index is 569. The molecular weight excluding hydrogens is 362 g/mol. The molecule has 26 heavy (non-hydrogen) atoms. The number of thioether (sulfide) groups is 1. The number of morpholine rings is 1. The molecule has 148 valence electrons. The van der Waals surface area contributed by atoms with Crippen molar-refractivity contribution in [3.05, 3.63) is 23.0 Å². The van der Waals surface area contributed by atoms with Crippen LogP contribution in [0.25, 0.3) is 0 Å². The van der Waals surface area contributed by atoms with E-state index in [-0.39, 0.29) is 11.8 Å². The Kier molecular flexibility index (Phi) is 7.34. The van der Waals surface area contributed by atoms with Crippen LogP contribution in [0.4, 0.5) is 8.78 Å². The molecule has 8 heteroatoms. The number of alkyl halides is 2. The molecule has 0 aromatic rings. The normalized spacial score (nSPS) is 21.9. The third kappa shape index (κ3) is 5.36. The molecule has 0 aromatic carbocycles. The van der Waals surface area contributed by atoms with Crippen LogP contribution in [0, 0.1) is 0 Å². The average molecular weight is 390 g/mol. The SMILES string of the molecule is CCSC1C(C(=O)O)=C(C)C=C(N2CCOCC2)N1CCCC(C)(F)F. The topological polar surface area (TPSA) is 53.0 Å². The maximum absolute atomic E-state index is 13.3. The second-order valence-corrected chi connectivity index (χ2v) is 8.04. The molecule has 0 aliphatic carbocycles. The maximum Gasteiger partial charge on any atom is 0.334 e. The number of hydrogen-bond acceptors (Lipinski definition) is 5. The number of aliphatic carboxylic acids is 1. The molecule has 0 spiro atoms. The van der Waals surface area contributed by atoms with E-state index >= 15 is 0 Å². The van der Waals surface area contributed by atoms with E-state index in [9.17, 15) is 18.7 Å². The molecule has 0 bridgehead atoms. The second kappa shape index (κ2) is 9.08. The van der Waals surface area contributed by atoms with Gasteiger partial charge in [0.05, 0.1) is 18.8 Å². The number of allylic oxidation sites excluding steroid dienone is 2.